The zero-order chi connectivity index (χ0) is 12.5. The monoisotopic (exact) mass is 245 g/mol. The van der Waals surface area contributed by atoms with E-state index in [-0.39, 0.29) is 11.1 Å². The number of aromatic nitrogens is 3. The molecule has 1 aromatic heterocycles. The van der Waals surface area contributed by atoms with E-state index < -0.39 is 18.8 Å². The maximum Gasteiger partial charge on any atom is 0.422 e. The minimum atomic E-state index is -4.55. The molecule has 0 amide bonds. The summed E-state index contributed by atoms with van der Waals surface area (Å²) < 4.78 is 39.7. The van der Waals surface area contributed by atoms with Crippen molar-refractivity contribution in [1.29, 1.82) is 0 Å². The fourth-order valence-electron chi connectivity index (χ4n) is 1.26. The normalized spacial score (nSPS) is 11.7. The van der Waals surface area contributed by atoms with Gasteiger partial charge in [0.15, 0.2) is 6.61 Å². The van der Waals surface area contributed by atoms with Crippen LogP contribution in [0.3, 0.4) is 0 Å². The molecule has 2 rings (SSSR count). The largest absolute Gasteiger partial charge is 0.452 e. The lowest BCUT2D eigenvalue weighted by molar-refractivity contribution is -0.161. The molecule has 17 heavy (non-hydrogen) atoms. The highest BCUT2D eigenvalue weighted by atomic mass is 19.4. The number of hydrogen-bond donors (Lipinski definition) is 1. The van der Waals surface area contributed by atoms with E-state index in [0.29, 0.717) is 5.52 Å². The molecule has 0 aliphatic heterocycles. The number of alkyl halides is 3. The number of rotatable bonds is 2. The molecule has 0 atom stereocenters. The van der Waals surface area contributed by atoms with E-state index in [0.717, 1.165) is 0 Å². The number of para-hydroxylation sites is 1. The molecule has 0 radical (unpaired) electrons. The Labute approximate surface area is 92.6 Å². The maximum atomic E-state index is 11.9. The third-order valence-corrected chi connectivity index (χ3v) is 1.93. The van der Waals surface area contributed by atoms with Crippen molar-refractivity contribution in [2.24, 2.45) is 0 Å². The summed E-state index contributed by atoms with van der Waals surface area (Å²) in [5.74, 6) is -1.08. The molecule has 1 aromatic carbocycles. The smallest absolute Gasteiger partial charge is 0.422 e. The summed E-state index contributed by atoms with van der Waals surface area (Å²) in [6.07, 6.45) is -4.55. The molecule has 0 aliphatic carbocycles. The van der Waals surface area contributed by atoms with Gasteiger partial charge in [0.05, 0.1) is 5.56 Å². The first-order valence-electron chi connectivity index (χ1n) is 4.51. The van der Waals surface area contributed by atoms with Crippen LogP contribution < -0.4 is 0 Å². The van der Waals surface area contributed by atoms with Crippen LogP contribution in [0.25, 0.3) is 11.0 Å². The molecular formula is C9H6F3N3O2. The van der Waals surface area contributed by atoms with Crippen LogP contribution in [-0.2, 0) is 4.74 Å². The van der Waals surface area contributed by atoms with Crippen molar-refractivity contribution in [2.45, 2.75) is 6.18 Å². The number of carbonyl (C=O) groups is 1. The number of halogens is 3. The number of esters is 1. The summed E-state index contributed by atoms with van der Waals surface area (Å²) in [6.45, 7) is -1.62. The zero-order valence-corrected chi connectivity index (χ0v) is 8.28. The second kappa shape index (κ2) is 4.04. The van der Waals surface area contributed by atoms with Gasteiger partial charge >= 0.3 is 12.1 Å². The average molecular weight is 245 g/mol. The fourth-order valence-corrected chi connectivity index (χ4v) is 1.26. The van der Waals surface area contributed by atoms with Gasteiger partial charge in [-0.05, 0) is 12.1 Å². The van der Waals surface area contributed by atoms with Crippen molar-refractivity contribution in [3.63, 3.8) is 0 Å². The maximum absolute atomic E-state index is 11.9. The third kappa shape index (κ3) is 2.52. The number of nitrogens with one attached hydrogen (secondary N) is 1. The predicted octanol–water partition coefficient (Wildman–Crippen LogP) is 1.68. The SMILES string of the molecule is O=C(OCC(F)(F)F)c1cccc2n[nH]nc12. The van der Waals surface area contributed by atoms with Gasteiger partial charge in [0.25, 0.3) is 0 Å². The zero-order valence-electron chi connectivity index (χ0n) is 8.28. The van der Waals surface area contributed by atoms with Crippen LogP contribution in [0.2, 0.25) is 0 Å². The summed E-state index contributed by atoms with van der Waals surface area (Å²) in [5, 5.41) is 9.65. The molecule has 0 unspecified atom stereocenters. The van der Waals surface area contributed by atoms with Gasteiger partial charge in [-0.3, -0.25) is 0 Å². The van der Waals surface area contributed by atoms with E-state index >= 15 is 0 Å². The van der Waals surface area contributed by atoms with Crippen molar-refractivity contribution < 1.29 is 22.7 Å². The van der Waals surface area contributed by atoms with E-state index in [4.69, 9.17) is 0 Å². The van der Waals surface area contributed by atoms with Gasteiger partial charge in [-0.25, -0.2) is 4.79 Å². The lowest BCUT2D eigenvalue weighted by atomic mass is 10.2. The standard InChI is InChI=1S/C9H6F3N3O2/c10-9(11,12)4-17-8(16)5-2-1-3-6-7(5)14-15-13-6/h1-3H,4H2,(H,13,14,15). The number of H-pyrrole nitrogens is 1. The molecule has 1 heterocycles. The highest BCUT2D eigenvalue weighted by Gasteiger charge is 2.30. The van der Waals surface area contributed by atoms with Crippen molar-refractivity contribution in [3.8, 4) is 0 Å². The van der Waals surface area contributed by atoms with Gasteiger partial charge in [-0.2, -0.15) is 28.6 Å². The molecule has 2 aromatic rings. The molecule has 0 aliphatic rings. The third-order valence-electron chi connectivity index (χ3n) is 1.93. The molecule has 0 fully saturated rings. The highest BCUT2D eigenvalue weighted by Crippen LogP contribution is 2.18. The first-order chi connectivity index (χ1) is 7.97. The molecule has 90 valence electrons. The van der Waals surface area contributed by atoms with Gasteiger partial charge < -0.3 is 4.74 Å². The Bertz CT molecular complexity index is 550. The average Bonchev–Trinajstić information content (AvgIpc) is 2.72. The number of fused-ring (bicyclic) bond motifs is 1. The molecule has 0 saturated heterocycles. The van der Waals surface area contributed by atoms with Crippen LogP contribution >= 0.6 is 0 Å². The summed E-state index contributed by atoms with van der Waals surface area (Å²) in [4.78, 5) is 11.4. The molecule has 5 nitrogen and oxygen atoms in total. The first kappa shape index (κ1) is 11.4. The quantitative estimate of drug-likeness (QED) is 0.817. The van der Waals surface area contributed by atoms with Crippen LogP contribution in [0, 0.1) is 0 Å². The molecule has 0 spiro atoms. The van der Waals surface area contributed by atoms with E-state index in [1.165, 1.54) is 12.1 Å². The van der Waals surface area contributed by atoms with Crippen LogP contribution in [0.15, 0.2) is 18.2 Å². The van der Waals surface area contributed by atoms with Gasteiger partial charge in [0, 0.05) is 0 Å². The fraction of sp³-hybridized carbons (Fsp3) is 0.222. The number of benzene rings is 1. The van der Waals surface area contributed by atoms with Crippen molar-refractivity contribution in [3.05, 3.63) is 23.8 Å². The number of aromatic amines is 1. The second-order valence-electron chi connectivity index (χ2n) is 3.19. The first-order valence-corrected chi connectivity index (χ1v) is 4.51. The van der Waals surface area contributed by atoms with Gasteiger partial charge in [-0.1, -0.05) is 6.07 Å². The molecule has 8 heteroatoms. The van der Waals surface area contributed by atoms with E-state index in [2.05, 4.69) is 20.1 Å². The van der Waals surface area contributed by atoms with E-state index in [1.54, 1.807) is 6.07 Å². The molecule has 0 saturated carbocycles. The van der Waals surface area contributed by atoms with Gasteiger partial charge in [0.1, 0.15) is 11.0 Å². The Morgan fingerprint density at radius 1 is 1.35 bits per heavy atom. The van der Waals surface area contributed by atoms with Gasteiger partial charge in [0.2, 0.25) is 0 Å². The van der Waals surface area contributed by atoms with Crippen molar-refractivity contribution in [1.82, 2.24) is 15.4 Å². The Morgan fingerprint density at radius 3 is 2.82 bits per heavy atom. The van der Waals surface area contributed by atoms with E-state index in [9.17, 15) is 18.0 Å². The Balaban J connectivity index is 2.22. The van der Waals surface area contributed by atoms with Gasteiger partial charge in [-0.15, -0.1) is 0 Å². The van der Waals surface area contributed by atoms with Crippen LogP contribution in [-0.4, -0.2) is 34.2 Å². The number of nitrogens with zero attached hydrogens (tertiary/aromatic N) is 2. The minimum absolute atomic E-state index is 0.0551. The van der Waals surface area contributed by atoms with E-state index in [1.807, 2.05) is 0 Å². The highest BCUT2D eigenvalue weighted by molar-refractivity contribution is 6.01. The molecular weight excluding hydrogens is 239 g/mol. The summed E-state index contributed by atoms with van der Waals surface area (Å²) in [7, 11) is 0. The Kier molecular flexibility index (Phi) is 2.70. The van der Waals surface area contributed by atoms with Crippen molar-refractivity contribution >= 4 is 17.0 Å². The number of carbonyl (C=O) groups excluding carboxylic acids is 1. The predicted molar refractivity (Wildman–Crippen MR) is 50.2 cm³/mol. The molecule has 1 N–H and O–H groups in total. The minimum Gasteiger partial charge on any atom is -0.452 e. The second-order valence-corrected chi connectivity index (χ2v) is 3.19. The lowest BCUT2D eigenvalue weighted by Gasteiger charge is -2.07. The molecule has 0 bridgehead atoms. The Morgan fingerprint density at radius 2 is 2.12 bits per heavy atom. The summed E-state index contributed by atoms with van der Waals surface area (Å²) in [6, 6.07) is 4.37. The number of ether oxygens (including phenoxy) is 1. The van der Waals surface area contributed by atoms with Crippen molar-refractivity contribution in [2.75, 3.05) is 6.61 Å². The van der Waals surface area contributed by atoms with Crippen LogP contribution in [0.4, 0.5) is 13.2 Å². The van der Waals surface area contributed by atoms with Crippen LogP contribution in [0.1, 0.15) is 10.4 Å². The topological polar surface area (TPSA) is 67.9 Å². The summed E-state index contributed by atoms with van der Waals surface area (Å²) >= 11 is 0. The number of hydrogen-bond acceptors (Lipinski definition) is 4. The van der Waals surface area contributed by atoms with Crippen LogP contribution in [0.5, 0.6) is 0 Å². The lowest BCUT2D eigenvalue weighted by Crippen LogP contribution is -2.20. The summed E-state index contributed by atoms with van der Waals surface area (Å²) in [5.41, 5.74) is 0.506. The Hall–Kier alpha value is -2.12.